The third-order valence-corrected chi connectivity index (χ3v) is 2.76. The molecule has 0 saturated carbocycles. The number of alkyl halides is 3. The van der Waals surface area contributed by atoms with Gasteiger partial charge in [-0.25, -0.2) is 4.79 Å². The van der Waals surface area contributed by atoms with Gasteiger partial charge in [-0.2, -0.15) is 0 Å². The Bertz CT molecular complexity index is 629. The molecule has 1 rings (SSSR count). The fourth-order valence-electron chi connectivity index (χ4n) is 1.90. The predicted octanol–water partition coefficient (Wildman–Crippen LogP) is 2.26. The Labute approximate surface area is 148 Å². The van der Waals surface area contributed by atoms with Crippen molar-refractivity contribution in [2.45, 2.75) is 38.8 Å². The van der Waals surface area contributed by atoms with E-state index in [4.69, 9.17) is 9.84 Å². The van der Waals surface area contributed by atoms with Crippen LogP contribution in [0, 0.1) is 0 Å². The largest absolute Gasteiger partial charge is 0.573 e. The smallest absolute Gasteiger partial charge is 0.444 e. The van der Waals surface area contributed by atoms with Gasteiger partial charge in [0.2, 0.25) is 5.91 Å². The van der Waals surface area contributed by atoms with E-state index in [0.29, 0.717) is 0 Å². The Morgan fingerprint density at radius 2 is 1.88 bits per heavy atom. The normalized spacial score (nSPS) is 12.9. The highest BCUT2D eigenvalue weighted by Crippen LogP contribution is 2.26. The van der Waals surface area contributed by atoms with Gasteiger partial charge in [0.15, 0.2) is 0 Å². The van der Waals surface area contributed by atoms with E-state index < -0.39 is 35.8 Å². The van der Waals surface area contributed by atoms with Crippen molar-refractivity contribution in [1.29, 1.82) is 0 Å². The summed E-state index contributed by atoms with van der Waals surface area (Å²) in [7, 11) is 0. The molecule has 2 amide bonds. The summed E-state index contributed by atoms with van der Waals surface area (Å²) in [6.07, 6.45) is -5.82. The Hall–Kier alpha value is -2.49. The van der Waals surface area contributed by atoms with Crippen molar-refractivity contribution < 1.29 is 37.3 Å². The molecule has 3 N–H and O–H groups in total. The maximum absolute atomic E-state index is 12.4. The van der Waals surface area contributed by atoms with Gasteiger partial charge in [0.25, 0.3) is 0 Å². The van der Waals surface area contributed by atoms with Gasteiger partial charge in [0.1, 0.15) is 17.4 Å². The first-order valence-corrected chi connectivity index (χ1v) is 7.65. The summed E-state index contributed by atoms with van der Waals surface area (Å²) >= 11 is 0. The first-order chi connectivity index (χ1) is 11.9. The number of aliphatic hydroxyl groups is 1. The first kappa shape index (κ1) is 21.6. The monoisotopic (exact) mass is 378 g/mol. The maximum atomic E-state index is 12.4. The second-order valence-electron chi connectivity index (χ2n) is 6.21. The quantitative estimate of drug-likeness (QED) is 0.706. The molecule has 0 heterocycles. The van der Waals surface area contributed by atoms with Crippen LogP contribution in [0.15, 0.2) is 24.3 Å². The van der Waals surface area contributed by atoms with Gasteiger partial charge in [0, 0.05) is 6.54 Å². The SMILES string of the molecule is CC(C)(C)OC(=O)NC(C(=O)NCCO)c1cccc(OC(F)(F)F)c1. The second kappa shape index (κ2) is 8.75. The number of hydrogen-bond acceptors (Lipinski definition) is 5. The minimum atomic E-state index is -4.90. The number of halogens is 3. The van der Waals surface area contributed by atoms with Crippen LogP contribution in [0.5, 0.6) is 5.75 Å². The number of carbonyl (C=O) groups excluding carboxylic acids is 2. The summed E-state index contributed by atoms with van der Waals surface area (Å²) in [5.41, 5.74) is -0.787. The van der Waals surface area contributed by atoms with E-state index in [9.17, 15) is 22.8 Å². The number of carbonyl (C=O) groups is 2. The van der Waals surface area contributed by atoms with Crippen molar-refractivity contribution in [3.63, 3.8) is 0 Å². The summed E-state index contributed by atoms with van der Waals surface area (Å²) in [6, 6.07) is 3.30. The highest BCUT2D eigenvalue weighted by atomic mass is 19.4. The number of rotatable bonds is 6. The lowest BCUT2D eigenvalue weighted by atomic mass is 10.1. The molecule has 10 heteroatoms. The number of benzene rings is 1. The zero-order valence-electron chi connectivity index (χ0n) is 14.5. The molecule has 0 saturated heterocycles. The summed E-state index contributed by atoms with van der Waals surface area (Å²) in [6.45, 7) is 4.41. The van der Waals surface area contributed by atoms with Gasteiger partial charge >= 0.3 is 12.5 Å². The Morgan fingerprint density at radius 3 is 2.42 bits per heavy atom. The third-order valence-electron chi connectivity index (χ3n) is 2.76. The molecule has 0 spiro atoms. The second-order valence-corrected chi connectivity index (χ2v) is 6.21. The zero-order chi connectivity index (χ0) is 20.0. The number of hydrogen-bond donors (Lipinski definition) is 3. The van der Waals surface area contributed by atoms with E-state index in [-0.39, 0.29) is 18.7 Å². The molecule has 0 aliphatic heterocycles. The highest BCUT2D eigenvalue weighted by Gasteiger charge is 2.32. The molecule has 1 aromatic carbocycles. The van der Waals surface area contributed by atoms with Crippen LogP contribution in [0.2, 0.25) is 0 Å². The van der Waals surface area contributed by atoms with E-state index >= 15 is 0 Å². The van der Waals surface area contributed by atoms with Gasteiger partial charge in [-0.05, 0) is 38.5 Å². The average Bonchev–Trinajstić information content (AvgIpc) is 2.47. The van der Waals surface area contributed by atoms with Crippen LogP contribution < -0.4 is 15.4 Å². The number of ether oxygens (including phenoxy) is 2. The topological polar surface area (TPSA) is 96.9 Å². The predicted molar refractivity (Wildman–Crippen MR) is 85.3 cm³/mol. The van der Waals surface area contributed by atoms with Crippen LogP contribution in [0.25, 0.3) is 0 Å². The number of alkyl carbamates (subject to hydrolysis) is 1. The van der Waals surface area contributed by atoms with E-state index in [1.807, 2.05) is 0 Å². The molecule has 0 aromatic heterocycles. The first-order valence-electron chi connectivity index (χ1n) is 7.65. The molecule has 1 atom stereocenters. The van der Waals surface area contributed by atoms with E-state index in [2.05, 4.69) is 15.4 Å². The number of nitrogens with one attached hydrogen (secondary N) is 2. The van der Waals surface area contributed by atoms with Gasteiger partial charge in [-0.15, -0.1) is 13.2 Å². The van der Waals surface area contributed by atoms with Gasteiger partial charge < -0.3 is 25.2 Å². The molecule has 1 aromatic rings. The van der Waals surface area contributed by atoms with Crippen LogP contribution >= 0.6 is 0 Å². The van der Waals surface area contributed by atoms with Crippen molar-refractivity contribution in [2.24, 2.45) is 0 Å². The van der Waals surface area contributed by atoms with Crippen LogP contribution in [-0.2, 0) is 9.53 Å². The van der Waals surface area contributed by atoms with Crippen molar-refractivity contribution in [1.82, 2.24) is 10.6 Å². The van der Waals surface area contributed by atoms with Crippen molar-refractivity contribution >= 4 is 12.0 Å². The lowest BCUT2D eigenvalue weighted by Gasteiger charge is -2.23. The van der Waals surface area contributed by atoms with Gasteiger partial charge in [0.05, 0.1) is 6.61 Å². The standard InChI is InChI=1S/C16H21F3N2O5/c1-15(2,3)26-14(24)21-12(13(23)20-7-8-22)10-5-4-6-11(9-10)25-16(17,18)19/h4-6,9,12,22H,7-8H2,1-3H3,(H,20,23)(H,21,24). The molecular formula is C16H21F3N2O5. The minimum Gasteiger partial charge on any atom is -0.444 e. The van der Waals surface area contributed by atoms with Crippen LogP contribution in [-0.4, -0.2) is 42.2 Å². The average molecular weight is 378 g/mol. The van der Waals surface area contributed by atoms with Crippen LogP contribution in [0.1, 0.15) is 32.4 Å². The fourth-order valence-corrected chi connectivity index (χ4v) is 1.90. The van der Waals surface area contributed by atoms with E-state index in [0.717, 1.165) is 12.1 Å². The minimum absolute atomic E-state index is 0.0491. The number of aliphatic hydroxyl groups excluding tert-OH is 1. The Balaban J connectivity index is 3.06. The maximum Gasteiger partial charge on any atom is 0.573 e. The zero-order valence-corrected chi connectivity index (χ0v) is 14.5. The summed E-state index contributed by atoms with van der Waals surface area (Å²) in [5.74, 6) is -1.27. The highest BCUT2D eigenvalue weighted by molar-refractivity contribution is 5.87. The van der Waals surface area contributed by atoms with E-state index in [1.54, 1.807) is 20.8 Å². The summed E-state index contributed by atoms with van der Waals surface area (Å²) < 4.78 is 46.0. The molecule has 0 aliphatic carbocycles. The summed E-state index contributed by atoms with van der Waals surface area (Å²) in [5, 5.41) is 13.4. The van der Waals surface area contributed by atoms with Gasteiger partial charge in [-0.1, -0.05) is 12.1 Å². The van der Waals surface area contributed by atoms with E-state index in [1.165, 1.54) is 12.1 Å². The number of amides is 2. The lowest BCUT2D eigenvalue weighted by Crippen LogP contribution is -2.43. The summed E-state index contributed by atoms with van der Waals surface area (Å²) in [4.78, 5) is 24.2. The fraction of sp³-hybridized carbons (Fsp3) is 0.500. The molecule has 0 radical (unpaired) electrons. The van der Waals surface area contributed by atoms with Crippen molar-refractivity contribution in [3.05, 3.63) is 29.8 Å². The third kappa shape index (κ3) is 8.06. The lowest BCUT2D eigenvalue weighted by molar-refractivity contribution is -0.274. The molecule has 1 unspecified atom stereocenters. The molecule has 0 fully saturated rings. The van der Waals surface area contributed by atoms with Crippen LogP contribution in [0.4, 0.5) is 18.0 Å². The Morgan fingerprint density at radius 1 is 1.23 bits per heavy atom. The molecule has 0 aliphatic rings. The Kier molecular flexibility index (Phi) is 7.25. The molecular weight excluding hydrogens is 357 g/mol. The molecule has 26 heavy (non-hydrogen) atoms. The molecule has 146 valence electrons. The van der Waals surface area contributed by atoms with Crippen molar-refractivity contribution in [3.8, 4) is 5.75 Å². The van der Waals surface area contributed by atoms with Crippen LogP contribution in [0.3, 0.4) is 0 Å². The van der Waals surface area contributed by atoms with Gasteiger partial charge in [-0.3, -0.25) is 4.79 Å². The van der Waals surface area contributed by atoms with Crippen molar-refractivity contribution in [2.75, 3.05) is 13.2 Å². The molecule has 7 nitrogen and oxygen atoms in total. The molecule has 0 bridgehead atoms.